The molecule has 1 aromatic carbocycles. The van der Waals surface area contributed by atoms with E-state index in [1.807, 2.05) is 11.9 Å². The molecule has 1 fully saturated rings. The maximum absolute atomic E-state index is 12.2. The maximum Gasteiger partial charge on any atom is 0.223 e. The molecule has 0 spiro atoms. The number of carbonyl (C=O) groups excluding carboxylic acids is 1. The number of aromatic nitrogens is 1. The van der Waals surface area contributed by atoms with Gasteiger partial charge in [0.15, 0.2) is 0 Å². The van der Waals surface area contributed by atoms with Gasteiger partial charge >= 0.3 is 0 Å². The fourth-order valence-electron chi connectivity index (χ4n) is 2.80. The van der Waals surface area contributed by atoms with Gasteiger partial charge in [0.05, 0.1) is 13.2 Å². The lowest BCUT2D eigenvalue weighted by molar-refractivity contribution is -0.135. The molecule has 1 aliphatic heterocycles. The Balaban J connectivity index is 1.69. The van der Waals surface area contributed by atoms with Crippen LogP contribution in [0.3, 0.4) is 0 Å². The first-order chi connectivity index (χ1) is 9.75. The molecule has 0 unspecified atom stereocenters. The van der Waals surface area contributed by atoms with Gasteiger partial charge in [0.25, 0.3) is 0 Å². The SMILES string of the molecule is Cn1ccc2c(CCC(=O)N3CCOCC3)cccc21. The number of fused-ring (bicyclic) bond motifs is 1. The molecule has 0 atom stereocenters. The van der Waals surface area contributed by atoms with Crippen molar-refractivity contribution in [3.8, 4) is 0 Å². The van der Waals surface area contributed by atoms with E-state index in [-0.39, 0.29) is 5.91 Å². The van der Waals surface area contributed by atoms with Crippen LogP contribution in [0.2, 0.25) is 0 Å². The molecule has 0 bridgehead atoms. The Morgan fingerprint density at radius 1 is 1.25 bits per heavy atom. The average molecular weight is 272 g/mol. The lowest BCUT2D eigenvalue weighted by atomic mass is 10.0. The molecule has 2 heterocycles. The molecule has 4 nitrogen and oxygen atoms in total. The number of rotatable bonds is 3. The predicted octanol–water partition coefficient (Wildman–Crippen LogP) is 1.97. The van der Waals surface area contributed by atoms with Crippen LogP contribution < -0.4 is 0 Å². The van der Waals surface area contributed by atoms with Crippen LogP contribution in [0.1, 0.15) is 12.0 Å². The smallest absolute Gasteiger partial charge is 0.223 e. The Hall–Kier alpha value is -1.81. The second-order valence-electron chi connectivity index (χ2n) is 5.27. The highest BCUT2D eigenvalue weighted by Gasteiger charge is 2.16. The largest absolute Gasteiger partial charge is 0.378 e. The summed E-state index contributed by atoms with van der Waals surface area (Å²) >= 11 is 0. The molecule has 0 saturated carbocycles. The summed E-state index contributed by atoms with van der Waals surface area (Å²) in [5.41, 5.74) is 2.48. The third-order valence-electron chi connectivity index (χ3n) is 3.99. The fourth-order valence-corrected chi connectivity index (χ4v) is 2.80. The van der Waals surface area contributed by atoms with Crippen LogP contribution in [0.15, 0.2) is 30.5 Å². The highest BCUT2D eigenvalue weighted by molar-refractivity contribution is 5.84. The summed E-state index contributed by atoms with van der Waals surface area (Å²) in [6.45, 7) is 2.79. The van der Waals surface area contributed by atoms with Gasteiger partial charge in [-0.05, 0) is 24.1 Å². The van der Waals surface area contributed by atoms with Crippen LogP contribution in [0.5, 0.6) is 0 Å². The third-order valence-corrected chi connectivity index (χ3v) is 3.99. The van der Waals surface area contributed by atoms with Gasteiger partial charge < -0.3 is 14.2 Å². The number of carbonyl (C=O) groups is 1. The Morgan fingerprint density at radius 3 is 2.85 bits per heavy atom. The van der Waals surface area contributed by atoms with Gasteiger partial charge in [-0.3, -0.25) is 4.79 Å². The quantitative estimate of drug-likeness (QED) is 0.856. The zero-order chi connectivity index (χ0) is 13.9. The van der Waals surface area contributed by atoms with Crippen molar-refractivity contribution >= 4 is 16.8 Å². The molecule has 3 rings (SSSR count). The van der Waals surface area contributed by atoms with Crippen molar-refractivity contribution in [1.82, 2.24) is 9.47 Å². The van der Waals surface area contributed by atoms with E-state index in [0.717, 1.165) is 19.5 Å². The minimum Gasteiger partial charge on any atom is -0.378 e. The molecule has 1 aliphatic rings. The lowest BCUT2D eigenvalue weighted by Crippen LogP contribution is -2.40. The third kappa shape index (κ3) is 2.56. The molecule has 106 valence electrons. The molecule has 2 aromatic rings. The Labute approximate surface area is 118 Å². The van der Waals surface area contributed by atoms with Crippen LogP contribution in [0, 0.1) is 0 Å². The molecular formula is C16H20N2O2. The number of nitrogens with zero attached hydrogens (tertiary/aromatic N) is 2. The standard InChI is InChI=1S/C16H20N2O2/c1-17-8-7-14-13(3-2-4-15(14)17)5-6-16(19)18-9-11-20-12-10-18/h2-4,7-8H,5-6,9-12H2,1H3. The lowest BCUT2D eigenvalue weighted by Gasteiger charge is -2.26. The molecule has 1 aromatic heterocycles. The molecule has 0 aliphatic carbocycles. The van der Waals surface area contributed by atoms with Gasteiger partial charge in [-0.1, -0.05) is 12.1 Å². The van der Waals surface area contributed by atoms with Crippen LogP contribution in [-0.2, 0) is 23.0 Å². The van der Waals surface area contributed by atoms with E-state index in [4.69, 9.17) is 4.74 Å². The van der Waals surface area contributed by atoms with Gasteiger partial charge in [-0.15, -0.1) is 0 Å². The van der Waals surface area contributed by atoms with E-state index in [1.165, 1.54) is 16.5 Å². The Kier molecular flexibility index (Phi) is 3.74. The highest BCUT2D eigenvalue weighted by Crippen LogP contribution is 2.21. The Bertz CT molecular complexity index is 612. The van der Waals surface area contributed by atoms with Crippen LogP contribution in [-0.4, -0.2) is 41.7 Å². The summed E-state index contributed by atoms with van der Waals surface area (Å²) in [5, 5.41) is 1.25. The number of hydrogen-bond donors (Lipinski definition) is 0. The van der Waals surface area contributed by atoms with Crippen molar-refractivity contribution in [1.29, 1.82) is 0 Å². The van der Waals surface area contributed by atoms with Gasteiger partial charge in [-0.2, -0.15) is 0 Å². The minimum absolute atomic E-state index is 0.237. The summed E-state index contributed by atoms with van der Waals surface area (Å²) in [5.74, 6) is 0.237. The molecule has 4 heteroatoms. The molecule has 20 heavy (non-hydrogen) atoms. The first kappa shape index (κ1) is 13.2. The van der Waals surface area contributed by atoms with Crippen molar-refractivity contribution in [2.45, 2.75) is 12.8 Å². The van der Waals surface area contributed by atoms with Gasteiger partial charge in [0.2, 0.25) is 5.91 Å². The van der Waals surface area contributed by atoms with E-state index < -0.39 is 0 Å². The highest BCUT2D eigenvalue weighted by atomic mass is 16.5. The number of benzene rings is 1. The van der Waals surface area contributed by atoms with Gasteiger partial charge in [0.1, 0.15) is 0 Å². The topological polar surface area (TPSA) is 34.5 Å². The zero-order valence-electron chi connectivity index (χ0n) is 11.8. The summed E-state index contributed by atoms with van der Waals surface area (Å²) in [6, 6.07) is 8.43. The zero-order valence-corrected chi connectivity index (χ0v) is 11.8. The summed E-state index contributed by atoms with van der Waals surface area (Å²) in [4.78, 5) is 14.1. The van der Waals surface area contributed by atoms with Crippen molar-refractivity contribution < 1.29 is 9.53 Å². The van der Waals surface area contributed by atoms with Crippen LogP contribution in [0.25, 0.3) is 10.9 Å². The first-order valence-electron chi connectivity index (χ1n) is 7.14. The molecule has 0 N–H and O–H groups in total. The number of hydrogen-bond acceptors (Lipinski definition) is 2. The second-order valence-corrected chi connectivity index (χ2v) is 5.27. The van der Waals surface area contributed by atoms with Crippen molar-refractivity contribution in [2.24, 2.45) is 7.05 Å². The normalized spacial score (nSPS) is 15.8. The van der Waals surface area contributed by atoms with Crippen LogP contribution in [0.4, 0.5) is 0 Å². The average Bonchev–Trinajstić information content (AvgIpc) is 2.88. The monoisotopic (exact) mass is 272 g/mol. The molecule has 1 amide bonds. The van der Waals surface area contributed by atoms with Crippen molar-refractivity contribution in [3.63, 3.8) is 0 Å². The fraction of sp³-hybridized carbons (Fsp3) is 0.438. The van der Waals surface area contributed by atoms with Crippen LogP contribution >= 0.6 is 0 Å². The number of aryl methyl sites for hydroxylation is 2. The maximum atomic E-state index is 12.2. The van der Waals surface area contributed by atoms with E-state index in [1.54, 1.807) is 0 Å². The number of amides is 1. The Morgan fingerprint density at radius 2 is 2.05 bits per heavy atom. The molecule has 0 radical (unpaired) electrons. The first-order valence-corrected chi connectivity index (χ1v) is 7.14. The molecular weight excluding hydrogens is 252 g/mol. The van der Waals surface area contributed by atoms with Gasteiger partial charge in [-0.25, -0.2) is 0 Å². The van der Waals surface area contributed by atoms with Crippen molar-refractivity contribution in [3.05, 3.63) is 36.0 Å². The van der Waals surface area contributed by atoms with Gasteiger partial charge in [0, 0.05) is 43.7 Å². The number of morpholine rings is 1. The molecule has 1 saturated heterocycles. The minimum atomic E-state index is 0.237. The summed E-state index contributed by atoms with van der Waals surface area (Å²) in [7, 11) is 2.05. The second kappa shape index (κ2) is 5.67. The summed E-state index contributed by atoms with van der Waals surface area (Å²) < 4.78 is 7.39. The van der Waals surface area contributed by atoms with E-state index in [9.17, 15) is 4.79 Å². The van der Waals surface area contributed by atoms with E-state index in [2.05, 4.69) is 35.0 Å². The number of ether oxygens (including phenoxy) is 1. The van der Waals surface area contributed by atoms with E-state index >= 15 is 0 Å². The van der Waals surface area contributed by atoms with E-state index in [0.29, 0.717) is 19.6 Å². The predicted molar refractivity (Wildman–Crippen MR) is 78.6 cm³/mol. The summed E-state index contributed by atoms with van der Waals surface area (Å²) in [6.07, 6.45) is 3.45. The van der Waals surface area contributed by atoms with Crippen molar-refractivity contribution in [2.75, 3.05) is 26.3 Å².